The van der Waals surface area contributed by atoms with Gasteiger partial charge in [-0.1, -0.05) is 13.0 Å². The van der Waals surface area contributed by atoms with Gasteiger partial charge >= 0.3 is 0 Å². The van der Waals surface area contributed by atoms with E-state index in [1.807, 2.05) is 0 Å². The Kier molecular flexibility index (Phi) is 3.44. The molecule has 1 aromatic rings. The highest BCUT2D eigenvalue weighted by molar-refractivity contribution is 5.22. The summed E-state index contributed by atoms with van der Waals surface area (Å²) in [4.78, 5) is 0. The third-order valence-corrected chi connectivity index (χ3v) is 3.10. The van der Waals surface area contributed by atoms with Gasteiger partial charge in [-0.3, -0.25) is 0 Å². The van der Waals surface area contributed by atoms with Crippen molar-refractivity contribution in [3.8, 4) is 5.75 Å². The maximum absolute atomic E-state index is 13.0. The molecule has 16 heavy (non-hydrogen) atoms. The lowest BCUT2D eigenvalue weighted by Gasteiger charge is -2.31. The van der Waals surface area contributed by atoms with Gasteiger partial charge in [0.05, 0.1) is 6.10 Å². The number of aliphatic hydroxyl groups excluding tert-OH is 1. The number of aliphatic hydroxyl groups is 1. The van der Waals surface area contributed by atoms with E-state index >= 15 is 0 Å². The minimum atomic E-state index is -0.431. The topological polar surface area (TPSA) is 29.5 Å². The average molecular weight is 224 g/mol. The Morgan fingerprint density at radius 2 is 2.19 bits per heavy atom. The van der Waals surface area contributed by atoms with Gasteiger partial charge in [-0.2, -0.15) is 0 Å². The van der Waals surface area contributed by atoms with Crippen molar-refractivity contribution in [1.29, 1.82) is 0 Å². The molecule has 2 rings (SSSR count). The molecule has 0 radical (unpaired) electrons. The summed E-state index contributed by atoms with van der Waals surface area (Å²) in [6.07, 6.45) is 1.99. The van der Waals surface area contributed by atoms with Crippen molar-refractivity contribution in [1.82, 2.24) is 0 Å². The Hall–Kier alpha value is -1.09. The van der Waals surface area contributed by atoms with Crippen LogP contribution in [0.5, 0.6) is 5.75 Å². The zero-order chi connectivity index (χ0) is 11.5. The highest BCUT2D eigenvalue weighted by Crippen LogP contribution is 2.27. The standard InChI is InChI=1S/C13H17FO2/c1-9-5-6-12(15)13(7-9)16-11-4-2-3-10(14)8-11/h2-4,8-9,12-13,15H,5-7H2,1H3. The second-order valence-corrected chi connectivity index (χ2v) is 4.60. The van der Waals surface area contributed by atoms with E-state index in [1.54, 1.807) is 12.1 Å². The first-order valence-corrected chi connectivity index (χ1v) is 5.75. The van der Waals surface area contributed by atoms with Crippen LogP contribution in [0, 0.1) is 11.7 Å². The Morgan fingerprint density at radius 3 is 2.94 bits per heavy atom. The summed E-state index contributed by atoms with van der Waals surface area (Å²) < 4.78 is 18.6. The number of rotatable bonds is 2. The summed E-state index contributed by atoms with van der Waals surface area (Å²) in [7, 11) is 0. The van der Waals surface area contributed by atoms with Gasteiger partial charge in [0, 0.05) is 6.07 Å². The molecule has 1 aliphatic rings. The van der Waals surface area contributed by atoms with E-state index in [2.05, 4.69) is 6.92 Å². The van der Waals surface area contributed by atoms with Crippen LogP contribution in [0.15, 0.2) is 24.3 Å². The third-order valence-electron chi connectivity index (χ3n) is 3.10. The Balaban J connectivity index is 2.02. The van der Waals surface area contributed by atoms with Crippen LogP contribution in [0.1, 0.15) is 26.2 Å². The van der Waals surface area contributed by atoms with Crippen LogP contribution in [0.2, 0.25) is 0 Å². The maximum Gasteiger partial charge on any atom is 0.126 e. The van der Waals surface area contributed by atoms with E-state index in [-0.39, 0.29) is 11.9 Å². The highest BCUT2D eigenvalue weighted by Gasteiger charge is 2.28. The fraction of sp³-hybridized carbons (Fsp3) is 0.538. The van der Waals surface area contributed by atoms with Crippen LogP contribution in [0.3, 0.4) is 0 Å². The molecule has 0 bridgehead atoms. The molecule has 1 saturated carbocycles. The van der Waals surface area contributed by atoms with Crippen molar-refractivity contribution in [2.24, 2.45) is 5.92 Å². The monoisotopic (exact) mass is 224 g/mol. The lowest BCUT2D eigenvalue weighted by molar-refractivity contribution is -0.00771. The van der Waals surface area contributed by atoms with Gasteiger partial charge in [-0.15, -0.1) is 0 Å². The second-order valence-electron chi connectivity index (χ2n) is 4.60. The van der Waals surface area contributed by atoms with Crippen molar-refractivity contribution in [2.75, 3.05) is 0 Å². The highest BCUT2D eigenvalue weighted by atomic mass is 19.1. The molecular formula is C13H17FO2. The summed E-state index contributed by atoms with van der Waals surface area (Å²) in [6.45, 7) is 2.15. The van der Waals surface area contributed by atoms with Gasteiger partial charge in [0.25, 0.3) is 0 Å². The van der Waals surface area contributed by atoms with Crippen LogP contribution in [0.4, 0.5) is 4.39 Å². The van der Waals surface area contributed by atoms with Crippen LogP contribution in [-0.2, 0) is 0 Å². The zero-order valence-corrected chi connectivity index (χ0v) is 9.40. The quantitative estimate of drug-likeness (QED) is 0.837. The molecule has 1 fully saturated rings. The summed E-state index contributed by atoms with van der Waals surface area (Å²) in [6, 6.07) is 6.07. The molecular weight excluding hydrogens is 207 g/mol. The molecule has 0 heterocycles. The SMILES string of the molecule is CC1CCC(O)C(Oc2cccc(F)c2)C1. The van der Waals surface area contributed by atoms with Gasteiger partial charge in [0.15, 0.2) is 0 Å². The molecule has 0 aromatic heterocycles. The van der Waals surface area contributed by atoms with E-state index < -0.39 is 6.10 Å². The lowest BCUT2D eigenvalue weighted by atomic mass is 9.86. The maximum atomic E-state index is 13.0. The van der Waals surface area contributed by atoms with Gasteiger partial charge in [-0.25, -0.2) is 4.39 Å². The van der Waals surface area contributed by atoms with Crippen LogP contribution < -0.4 is 4.74 Å². The van der Waals surface area contributed by atoms with Crippen LogP contribution in [0.25, 0.3) is 0 Å². The van der Waals surface area contributed by atoms with Crippen LogP contribution >= 0.6 is 0 Å². The first-order valence-electron chi connectivity index (χ1n) is 5.75. The first-order chi connectivity index (χ1) is 7.65. The zero-order valence-electron chi connectivity index (χ0n) is 9.40. The van der Waals surface area contributed by atoms with Gasteiger partial charge < -0.3 is 9.84 Å². The number of hydrogen-bond donors (Lipinski definition) is 1. The molecule has 3 atom stereocenters. The minimum Gasteiger partial charge on any atom is -0.488 e. The molecule has 2 nitrogen and oxygen atoms in total. The van der Waals surface area contributed by atoms with Crippen molar-refractivity contribution >= 4 is 0 Å². The largest absolute Gasteiger partial charge is 0.488 e. The molecule has 0 aliphatic heterocycles. The molecule has 1 aromatic carbocycles. The molecule has 0 saturated heterocycles. The summed E-state index contributed by atoms with van der Waals surface area (Å²) in [5.74, 6) is 0.746. The second kappa shape index (κ2) is 4.83. The lowest BCUT2D eigenvalue weighted by Crippen LogP contribution is -2.37. The van der Waals surface area contributed by atoms with Crippen molar-refractivity contribution in [3.63, 3.8) is 0 Å². The molecule has 1 N–H and O–H groups in total. The Labute approximate surface area is 95.1 Å². The fourth-order valence-electron chi connectivity index (χ4n) is 2.15. The Morgan fingerprint density at radius 1 is 1.38 bits per heavy atom. The minimum absolute atomic E-state index is 0.203. The normalized spacial score (nSPS) is 30.1. The van der Waals surface area contributed by atoms with Gasteiger partial charge in [0.1, 0.15) is 17.7 Å². The number of ether oxygens (including phenoxy) is 1. The molecule has 3 unspecified atom stereocenters. The number of hydrogen-bond acceptors (Lipinski definition) is 2. The smallest absolute Gasteiger partial charge is 0.126 e. The summed E-state index contributed by atoms with van der Waals surface area (Å²) in [5, 5.41) is 9.80. The number of halogens is 1. The van der Waals surface area contributed by atoms with Crippen molar-refractivity contribution in [2.45, 2.75) is 38.4 Å². The van der Waals surface area contributed by atoms with E-state index in [9.17, 15) is 9.50 Å². The van der Waals surface area contributed by atoms with Crippen molar-refractivity contribution in [3.05, 3.63) is 30.1 Å². The molecule has 88 valence electrons. The number of benzene rings is 1. The molecule has 0 spiro atoms. The van der Waals surface area contributed by atoms with Crippen molar-refractivity contribution < 1.29 is 14.2 Å². The molecule has 0 amide bonds. The fourth-order valence-corrected chi connectivity index (χ4v) is 2.15. The third kappa shape index (κ3) is 2.73. The van der Waals surface area contributed by atoms with Gasteiger partial charge in [0.2, 0.25) is 0 Å². The summed E-state index contributed by atoms with van der Waals surface area (Å²) in [5.41, 5.74) is 0. The van der Waals surface area contributed by atoms with E-state index in [4.69, 9.17) is 4.74 Å². The van der Waals surface area contributed by atoms with E-state index in [1.165, 1.54) is 12.1 Å². The predicted octanol–water partition coefficient (Wildman–Crippen LogP) is 2.75. The van der Waals surface area contributed by atoms with E-state index in [0.717, 1.165) is 19.3 Å². The van der Waals surface area contributed by atoms with Crippen LogP contribution in [-0.4, -0.2) is 17.3 Å². The summed E-state index contributed by atoms with van der Waals surface area (Å²) >= 11 is 0. The molecule has 3 heteroatoms. The first kappa shape index (κ1) is 11.4. The predicted molar refractivity (Wildman–Crippen MR) is 59.8 cm³/mol. The average Bonchev–Trinajstić information content (AvgIpc) is 2.24. The van der Waals surface area contributed by atoms with Gasteiger partial charge in [-0.05, 0) is 37.3 Å². The van der Waals surface area contributed by atoms with E-state index in [0.29, 0.717) is 11.7 Å². The molecule has 1 aliphatic carbocycles. The Bertz CT molecular complexity index is 354.